The molecule has 0 aromatic heterocycles. The predicted octanol–water partition coefficient (Wildman–Crippen LogP) is 0.746. The van der Waals surface area contributed by atoms with Crippen LogP contribution in [-0.4, -0.2) is 46.7 Å². The van der Waals surface area contributed by atoms with E-state index in [-0.39, 0.29) is 11.9 Å². The quantitative estimate of drug-likeness (QED) is 0.749. The molecule has 1 aliphatic heterocycles. The van der Waals surface area contributed by atoms with Crippen molar-refractivity contribution in [2.45, 2.75) is 58.2 Å². The molecule has 1 heterocycles. The van der Waals surface area contributed by atoms with E-state index in [0.717, 1.165) is 25.9 Å². The van der Waals surface area contributed by atoms with Gasteiger partial charge < -0.3 is 15.3 Å². The van der Waals surface area contributed by atoms with E-state index in [0.29, 0.717) is 6.04 Å². The van der Waals surface area contributed by atoms with Gasteiger partial charge >= 0.3 is 0 Å². The number of rotatable bonds is 3. The molecule has 0 unspecified atom stereocenters. The Hall–Kier alpha value is -0.610. The molecule has 4 nitrogen and oxygen atoms in total. The van der Waals surface area contributed by atoms with E-state index in [1.54, 1.807) is 0 Å². The third-order valence-corrected chi connectivity index (χ3v) is 3.15. The van der Waals surface area contributed by atoms with Crippen LogP contribution in [0, 0.1) is 0 Å². The molecule has 0 bridgehead atoms. The lowest BCUT2D eigenvalue weighted by molar-refractivity contribution is -0.137. The zero-order chi connectivity index (χ0) is 12.3. The molecule has 2 N–H and O–H groups in total. The van der Waals surface area contributed by atoms with Crippen LogP contribution in [-0.2, 0) is 4.79 Å². The molecule has 0 aliphatic carbocycles. The lowest BCUT2D eigenvalue weighted by Gasteiger charge is -2.35. The minimum Gasteiger partial charge on any atom is -0.381 e. The van der Waals surface area contributed by atoms with Crippen LogP contribution in [0.2, 0.25) is 0 Å². The topological polar surface area (TPSA) is 52.6 Å². The highest BCUT2D eigenvalue weighted by molar-refractivity contribution is 5.84. The SMILES string of the molecule is CC(C)N1CCC(NC(=O)C(C)(C)O)CC1. The zero-order valence-electron chi connectivity index (χ0n) is 10.8. The normalized spacial score (nSPS) is 20.1. The average Bonchev–Trinajstić information content (AvgIpc) is 2.17. The maximum absolute atomic E-state index is 11.6. The fraction of sp³-hybridized carbons (Fsp3) is 0.917. The van der Waals surface area contributed by atoms with Gasteiger partial charge in [-0.05, 0) is 40.5 Å². The number of carbonyl (C=O) groups excluding carboxylic acids is 1. The second kappa shape index (κ2) is 5.15. The fourth-order valence-corrected chi connectivity index (χ4v) is 1.92. The van der Waals surface area contributed by atoms with Crippen molar-refractivity contribution in [1.82, 2.24) is 10.2 Å². The van der Waals surface area contributed by atoms with Crippen LogP contribution in [0.5, 0.6) is 0 Å². The summed E-state index contributed by atoms with van der Waals surface area (Å²) in [6.45, 7) is 9.46. The Labute approximate surface area is 98.0 Å². The molecule has 0 saturated carbocycles. The van der Waals surface area contributed by atoms with Gasteiger partial charge in [0.15, 0.2) is 0 Å². The number of carbonyl (C=O) groups is 1. The predicted molar refractivity (Wildman–Crippen MR) is 64.2 cm³/mol. The fourth-order valence-electron chi connectivity index (χ4n) is 1.92. The van der Waals surface area contributed by atoms with Crippen molar-refractivity contribution in [3.05, 3.63) is 0 Å². The second-order valence-corrected chi connectivity index (χ2v) is 5.44. The molecule has 1 aliphatic rings. The molecule has 0 spiro atoms. The van der Waals surface area contributed by atoms with E-state index in [1.807, 2.05) is 0 Å². The van der Waals surface area contributed by atoms with Crippen LogP contribution in [0.25, 0.3) is 0 Å². The molecule has 1 fully saturated rings. The van der Waals surface area contributed by atoms with E-state index in [4.69, 9.17) is 0 Å². The number of amides is 1. The van der Waals surface area contributed by atoms with Crippen molar-refractivity contribution in [1.29, 1.82) is 0 Å². The van der Waals surface area contributed by atoms with Gasteiger partial charge in [0.05, 0.1) is 0 Å². The van der Waals surface area contributed by atoms with Crippen molar-refractivity contribution in [3.63, 3.8) is 0 Å². The Kier molecular flexibility index (Phi) is 4.33. The smallest absolute Gasteiger partial charge is 0.251 e. The summed E-state index contributed by atoms with van der Waals surface area (Å²) in [6, 6.07) is 0.792. The first kappa shape index (κ1) is 13.5. The molecule has 0 atom stereocenters. The summed E-state index contributed by atoms with van der Waals surface area (Å²) in [5.74, 6) is -0.268. The number of hydrogen-bond acceptors (Lipinski definition) is 3. The summed E-state index contributed by atoms with van der Waals surface area (Å²) >= 11 is 0. The minimum atomic E-state index is -1.27. The van der Waals surface area contributed by atoms with Gasteiger partial charge in [0.1, 0.15) is 5.60 Å². The summed E-state index contributed by atoms with van der Waals surface area (Å²) in [4.78, 5) is 14.0. The third-order valence-electron chi connectivity index (χ3n) is 3.15. The summed E-state index contributed by atoms with van der Waals surface area (Å²) in [7, 11) is 0. The number of nitrogens with zero attached hydrogens (tertiary/aromatic N) is 1. The lowest BCUT2D eigenvalue weighted by Crippen LogP contribution is -2.51. The largest absolute Gasteiger partial charge is 0.381 e. The van der Waals surface area contributed by atoms with E-state index in [9.17, 15) is 9.90 Å². The Morgan fingerprint density at radius 3 is 2.25 bits per heavy atom. The van der Waals surface area contributed by atoms with E-state index in [2.05, 4.69) is 24.1 Å². The first-order valence-corrected chi connectivity index (χ1v) is 6.08. The average molecular weight is 228 g/mol. The van der Waals surface area contributed by atoms with Crippen molar-refractivity contribution >= 4 is 5.91 Å². The molecule has 0 aromatic rings. The van der Waals surface area contributed by atoms with Crippen LogP contribution in [0.3, 0.4) is 0 Å². The minimum absolute atomic E-state index is 0.217. The molecular weight excluding hydrogens is 204 g/mol. The van der Waals surface area contributed by atoms with Gasteiger partial charge in [0, 0.05) is 25.2 Å². The number of nitrogens with one attached hydrogen (secondary N) is 1. The summed E-state index contributed by atoms with van der Waals surface area (Å²) < 4.78 is 0. The highest BCUT2D eigenvalue weighted by atomic mass is 16.3. The van der Waals surface area contributed by atoms with Gasteiger partial charge in [-0.1, -0.05) is 0 Å². The summed E-state index contributed by atoms with van der Waals surface area (Å²) in [5.41, 5.74) is -1.27. The number of piperidine rings is 1. The first-order valence-electron chi connectivity index (χ1n) is 6.08. The lowest BCUT2D eigenvalue weighted by atomic mass is 10.0. The van der Waals surface area contributed by atoms with Crippen molar-refractivity contribution in [2.24, 2.45) is 0 Å². The maximum Gasteiger partial charge on any atom is 0.251 e. The van der Waals surface area contributed by atoms with E-state index in [1.165, 1.54) is 13.8 Å². The molecule has 0 aromatic carbocycles. The van der Waals surface area contributed by atoms with Crippen LogP contribution in [0.4, 0.5) is 0 Å². The maximum atomic E-state index is 11.6. The van der Waals surface area contributed by atoms with E-state index >= 15 is 0 Å². The Bertz CT molecular complexity index is 238. The molecule has 94 valence electrons. The molecule has 16 heavy (non-hydrogen) atoms. The molecule has 0 radical (unpaired) electrons. The Balaban J connectivity index is 2.35. The molecule has 1 amide bonds. The second-order valence-electron chi connectivity index (χ2n) is 5.44. The van der Waals surface area contributed by atoms with Crippen LogP contribution in [0.1, 0.15) is 40.5 Å². The molecule has 4 heteroatoms. The summed E-state index contributed by atoms with van der Waals surface area (Å²) in [5, 5.41) is 12.4. The zero-order valence-corrected chi connectivity index (χ0v) is 10.8. The Morgan fingerprint density at radius 1 is 1.38 bits per heavy atom. The third kappa shape index (κ3) is 3.76. The van der Waals surface area contributed by atoms with Gasteiger partial charge in [-0.3, -0.25) is 4.79 Å². The van der Waals surface area contributed by atoms with Gasteiger partial charge in [0.2, 0.25) is 0 Å². The van der Waals surface area contributed by atoms with E-state index < -0.39 is 5.60 Å². The van der Waals surface area contributed by atoms with Gasteiger partial charge in [-0.25, -0.2) is 0 Å². The molecule has 1 rings (SSSR count). The van der Waals surface area contributed by atoms with Crippen molar-refractivity contribution < 1.29 is 9.90 Å². The number of likely N-dealkylation sites (tertiary alicyclic amines) is 1. The monoisotopic (exact) mass is 228 g/mol. The summed E-state index contributed by atoms with van der Waals surface area (Å²) in [6.07, 6.45) is 1.94. The standard InChI is InChI=1S/C12H24N2O2/c1-9(2)14-7-5-10(6-8-14)13-11(15)12(3,4)16/h9-10,16H,5-8H2,1-4H3,(H,13,15). The van der Waals surface area contributed by atoms with Crippen LogP contribution < -0.4 is 5.32 Å². The van der Waals surface area contributed by atoms with Crippen LogP contribution >= 0.6 is 0 Å². The number of hydrogen-bond donors (Lipinski definition) is 2. The first-order chi connectivity index (χ1) is 7.30. The Morgan fingerprint density at radius 2 is 1.88 bits per heavy atom. The number of aliphatic hydroxyl groups is 1. The van der Waals surface area contributed by atoms with Crippen molar-refractivity contribution in [3.8, 4) is 0 Å². The van der Waals surface area contributed by atoms with Crippen molar-refractivity contribution in [2.75, 3.05) is 13.1 Å². The van der Waals surface area contributed by atoms with Crippen LogP contribution in [0.15, 0.2) is 0 Å². The molecule has 1 saturated heterocycles. The van der Waals surface area contributed by atoms with Gasteiger partial charge in [-0.15, -0.1) is 0 Å². The van der Waals surface area contributed by atoms with Gasteiger partial charge in [-0.2, -0.15) is 0 Å². The van der Waals surface area contributed by atoms with Gasteiger partial charge in [0.25, 0.3) is 5.91 Å². The highest BCUT2D eigenvalue weighted by Crippen LogP contribution is 2.14. The highest BCUT2D eigenvalue weighted by Gasteiger charge is 2.28. The molecular formula is C12H24N2O2.